The van der Waals surface area contributed by atoms with Crippen molar-refractivity contribution < 1.29 is 4.39 Å². The highest BCUT2D eigenvalue weighted by Gasteiger charge is 2.18. The van der Waals surface area contributed by atoms with Crippen molar-refractivity contribution in [2.45, 2.75) is 19.2 Å². The van der Waals surface area contributed by atoms with Gasteiger partial charge in [0, 0.05) is 14.6 Å². The van der Waals surface area contributed by atoms with E-state index in [1.54, 1.807) is 6.07 Å². The molecular weight excluding hydrogens is 326 g/mol. The van der Waals surface area contributed by atoms with Crippen LogP contribution < -0.4 is 0 Å². The highest BCUT2D eigenvalue weighted by molar-refractivity contribution is 7.19. The molecular formula is C17H13Cl2FS. The SMILES string of the molecule is Cc1cc(Cl)c(C(Cl)c2cc3ccc(F)cc3s2)cc1C. The number of halogens is 3. The summed E-state index contributed by atoms with van der Waals surface area (Å²) < 4.78 is 14.2. The van der Waals surface area contributed by atoms with Crippen LogP contribution in [-0.2, 0) is 0 Å². The van der Waals surface area contributed by atoms with Crippen LogP contribution in [0.25, 0.3) is 10.1 Å². The van der Waals surface area contributed by atoms with Gasteiger partial charge in [0.15, 0.2) is 0 Å². The Morgan fingerprint density at radius 1 is 1.05 bits per heavy atom. The van der Waals surface area contributed by atoms with E-state index in [4.69, 9.17) is 23.2 Å². The third-order valence-electron chi connectivity index (χ3n) is 3.64. The van der Waals surface area contributed by atoms with Crippen molar-refractivity contribution in [2.24, 2.45) is 0 Å². The van der Waals surface area contributed by atoms with Gasteiger partial charge in [-0.3, -0.25) is 0 Å². The fourth-order valence-electron chi connectivity index (χ4n) is 2.30. The van der Waals surface area contributed by atoms with E-state index in [-0.39, 0.29) is 11.2 Å². The molecule has 2 aromatic carbocycles. The minimum Gasteiger partial charge on any atom is -0.207 e. The van der Waals surface area contributed by atoms with Gasteiger partial charge in [-0.1, -0.05) is 23.7 Å². The second kappa shape index (κ2) is 5.60. The molecule has 1 aromatic heterocycles. The van der Waals surface area contributed by atoms with Crippen LogP contribution in [0.15, 0.2) is 36.4 Å². The molecule has 1 heterocycles. The summed E-state index contributed by atoms with van der Waals surface area (Å²) in [5.41, 5.74) is 3.20. The number of fused-ring (bicyclic) bond motifs is 1. The normalized spacial score (nSPS) is 12.8. The second-order valence-corrected chi connectivity index (χ2v) is 7.11. The van der Waals surface area contributed by atoms with E-state index >= 15 is 0 Å². The van der Waals surface area contributed by atoms with E-state index in [1.807, 2.05) is 32.0 Å². The Labute approximate surface area is 137 Å². The molecule has 0 amide bonds. The van der Waals surface area contributed by atoms with E-state index in [1.165, 1.54) is 23.5 Å². The average molecular weight is 339 g/mol. The van der Waals surface area contributed by atoms with Crippen molar-refractivity contribution in [1.29, 1.82) is 0 Å². The second-order valence-electron chi connectivity index (χ2n) is 5.15. The van der Waals surface area contributed by atoms with Crippen LogP contribution in [0.1, 0.15) is 26.9 Å². The van der Waals surface area contributed by atoms with Crippen molar-refractivity contribution in [3.63, 3.8) is 0 Å². The molecule has 0 nitrogen and oxygen atoms in total. The molecule has 0 aliphatic rings. The smallest absolute Gasteiger partial charge is 0.124 e. The van der Waals surface area contributed by atoms with Crippen molar-refractivity contribution >= 4 is 44.6 Å². The highest BCUT2D eigenvalue weighted by atomic mass is 35.5. The topological polar surface area (TPSA) is 0 Å². The Morgan fingerprint density at radius 3 is 2.52 bits per heavy atom. The molecule has 0 saturated carbocycles. The molecule has 3 rings (SSSR count). The van der Waals surface area contributed by atoms with Gasteiger partial charge in [0.05, 0.1) is 5.38 Å². The largest absolute Gasteiger partial charge is 0.207 e. The lowest BCUT2D eigenvalue weighted by Crippen LogP contribution is -1.94. The Hall–Kier alpha value is -1.09. The molecule has 0 aliphatic heterocycles. The van der Waals surface area contributed by atoms with Gasteiger partial charge in [0.2, 0.25) is 0 Å². The van der Waals surface area contributed by atoms with Gasteiger partial charge >= 0.3 is 0 Å². The van der Waals surface area contributed by atoms with Gasteiger partial charge in [-0.05, 0) is 60.2 Å². The van der Waals surface area contributed by atoms with Crippen LogP contribution in [-0.4, -0.2) is 0 Å². The lowest BCUT2D eigenvalue weighted by Gasteiger charge is -2.12. The molecule has 1 unspecified atom stereocenters. The zero-order valence-electron chi connectivity index (χ0n) is 11.6. The standard InChI is InChI=1S/C17H13Cl2FS/c1-9-5-13(14(18)6-10(9)2)17(19)16-7-11-3-4-12(20)8-15(11)21-16/h3-8,17H,1-2H3. The van der Waals surface area contributed by atoms with Crippen LogP contribution >= 0.6 is 34.5 Å². The monoisotopic (exact) mass is 338 g/mol. The zero-order chi connectivity index (χ0) is 15.1. The molecule has 0 saturated heterocycles. The summed E-state index contributed by atoms with van der Waals surface area (Å²) in [6.45, 7) is 4.06. The predicted octanol–water partition coefficient (Wildman–Crippen LogP) is 6.64. The summed E-state index contributed by atoms with van der Waals surface area (Å²) in [7, 11) is 0. The molecule has 0 N–H and O–H groups in total. The molecule has 21 heavy (non-hydrogen) atoms. The number of thiophene rings is 1. The van der Waals surface area contributed by atoms with E-state index in [9.17, 15) is 4.39 Å². The first-order valence-corrected chi connectivity index (χ1v) is 8.18. The van der Waals surface area contributed by atoms with Crippen molar-refractivity contribution in [3.05, 3.63) is 68.8 Å². The number of rotatable bonds is 2. The van der Waals surface area contributed by atoms with Crippen molar-refractivity contribution in [3.8, 4) is 0 Å². The molecule has 1 atom stereocenters. The number of hydrogen-bond donors (Lipinski definition) is 0. The molecule has 4 heteroatoms. The maximum Gasteiger partial charge on any atom is 0.124 e. The van der Waals surface area contributed by atoms with Crippen molar-refractivity contribution in [2.75, 3.05) is 0 Å². The fourth-order valence-corrected chi connectivity index (χ4v) is 4.15. The zero-order valence-corrected chi connectivity index (χ0v) is 13.9. The quantitative estimate of drug-likeness (QED) is 0.459. The van der Waals surface area contributed by atoms with Crippen LogP contribution in [0.5, 0.6) is 0 Å². The molecule has 0 aliphatic carbocycles. The summed E-state index contributed by atoms with van der Waals surface area (Å²) in [5.74, 6) is -0.230. The lowest BCUT2D eigenvalue weighted by atomic mass is 10.0. The van der Waals surface area contributed by atoms with Crippen LogP contribution in [0, 0.1) is 19.7 Å². The van der Waals surface area contributed by atoms with Gasteiger partial charge in [-0.25, -0.2) is 4.39 Å². The van der Waals surface area contributed by atoms with E-state index in [2.05, 4.69) is 0 Å². The summed E-state index contributed by atoms with van der Waals surface area (Å²) in [4.78, 5) is 0.974. The summed E-state index contributed by atoms with van der Waals surface area (Å²) >= 11 is 14.4. The lowest BCUT2D eigenvalue weighted by molar-refractivity contribution is 0.630. The minimum atomic E-state index is -0.322. The van der Waals surface area contributed by atoms with Gasteiger partial charge in [0.25, 0.3) is 0 Å². The minimum absolute atomic E-state index is 0.230. The molecule has 0 radical (unpaired) electrons. The summed E-state index contributed by atoms with van der Waals surface area (Å²) in [6, 6.07) is 10.7. The summed E-state index contributed by atoms with van der Waals surface area (Å²) in [6.07, 6.45) is 0. The first-order chi connectivity index (χ1) is 9.95. The van der Waals surface area contributed by atoms with Crippen LogP contribution in [0.3, 0.4) is 0 Å². The number of aryl methyl sites for hydroxylation is 2. The first-order valence-electron chi connectivity index (χ1n) is 6.55. The number of alkyl halides is 1. The number of benzene rings is 2. The number of hydrogen-bond acceptors (Lipinski definition) is 1. The third kappa shape index (κ3) is 2.80. The van der Waals surface area contributed by atoms with Gasteiger partial charge in [-0.15, -0.1) is 22.9 Å². The molecule has 108 valence electrons. The molecule has 0 bridgehead atoms. The third-order valence-corrected chi connectivity index (χ3v) is 5.73. The van der Waals surface area contributed by atoms with E-state index in [0.717, 1.165) is 31.7 Å². The predicted molar refractivity (Wildman–Crippen MR) is 90.4 cm³/mol. The maximum absolute atomic E-state index is 13.3. The fraction of sp³-hybridized carbons (Fsp3) is 0.176. The van der Waals surface area contributed by atoms with Gasteiger partial charge in [0.1, 0.15) is 5.82 Å². The Kier molecular flexibility index (Phi) is 3.96. The van der Waals surface area contributed by atoms with E-state index < -0.39 is 0 Å². The van der Waals surface area contributed by atoms with Gasteiger partial charge < -0.3 is 0 Å². The van der Waals surface area contributed by atoms with E-state index in [0.29, 0.717) is 5.02 Å². The summed E-state index contributed by atoms with van der Waals surface area (Å²) in [5, 5.41) is 1.35. The van der Waals surface area contributed by atoms with Crippen LogP contribution in [0.4, 0.5) is 4.39 Å². The van der Waals surface area contributed by atoms with Crippen molar-refractivity contribution in [1.82, 2.24) is 0 Å². The Balaban J connectivity index is 2.07. The first kappa shape index (κ1) is 14.8. The Morgan fingerprint density at radius 2 is 1.76 bits per heavy atom. The molecule has 0 fully saturated rings. The highest BCUT2D eigenvalue weighted by Crippen LogP contribution is 2.40. The molecule has 0 spiro atoms. The Bertz CT molecular complexity index is 823. The molecule has 3 aromatic rings. The van der Waals surface area contributed by atoms with Crippen LogP contribution in [0.2, 0.25) is 5.02 Å². The van der Waals surface area contributed by atoms with Gasteiger partial charge in [-0.2, -0.15) is 0 Å². The average Bonchev–Trinajstić information content (AvgIpc) is 2.85. The maximum atomic E-state index is 13.3.